The number of carbonyl (C=O) groups is 1. The maximum absolute atomic E-state index is 11.8. The Labute approximate surface area is 104 Å². The van der Waals surface area contributed by atoms with Crippen molar-refractivity contribution in [3.05, 3.63) is 0 Å². The number of nitrogens with zero attached hydrogens (tertiary/aromatic N) is 1. The zero-order valence-electron chi connectivity index (χ0n) is 10.9. The molecule has 0 spiro atoms. The Kier molecular flexibility index (Phi) is 6.47. The molecule has 5 nitrogen and oxygen atoms in total. The van der Waals surface area contributed by atoms with Gasteiger partial charge in [0.25, 0.3) is 0 Å². The summed E-state index contributed by atoms with van der Waals surface area (Å²) in [7, 11) is 1.64. The van der Waals surface area contributed by atoms with Crippen molar-refractivity contribution in [2.24, 2.45) is 11.7 Å². The Balaban J connectivity index is 2.25. The van der Waals surface area contributed by atoms with E-state index < -0.39 is 0 Å². The first kappa shape index (κ1) is 14.4. The second-order valence-electron chi connectivity index (χ2n) is 4.90. The number of nitrogens with one attached hydrogen (secondary N) is 1. The molecule has 17 heavy (non-hydrogen) atoms. The summed E-state index contributed by atoms with van der Waals surface area (Å²) < 4.78 is 4.98. The van der Waals surface area contributed by atoms with Crippen LogP contribution in [-0.4, -0.2) is 56.7 Å². The van der Waals surface area contributed by atoms with Gasteiger partial charge in [-0.05, 0) is 38.8 Å². The molecule has 2 atom stereocenters. The van der Waals surface area contributed by atoms with E-state index in [-0.39, 0.29) is 11.9 Å². The summed E-state index contributed by atoms with van der Waals surface area (Å²) in [4.78, 5) is 13.9. The van der Waals surface area contributed by atoms with Crippen LogP contribution in [-0.2, 0) is 9.53 Å². The predicted octanol–water partition coefficient (Wildman–Crippen LogP) is -0.192. The molecule has 0 bridgehead atoms. The second kappa shape index (κ2) is 7.63. The molecule has 1 amide bonds. The Hall–Kier alpha value is -0.650. The summed E-state index contributed by atoms with van der Waals surface area (Å²) >= 11 is 0. The van der Waals surface area contributed by atoms with Gasteiger partial charge in [0.1, 0.15) is 0 Å². The number of hydrogen-bond donors (Lipinski definition) is 2. The third-order valence-electron chi connectivity index (χ3n) is 3.13. The van der Waals surface area contributed by atoms with Gasteiger partial charge in [0.2, 0.25) is 5.91 Å². The van der Waals surface area contributed by atoms with Gasteiger partial charge in [-0.2, -0.15) is 0 Å². The minimum atomic E-state index is 0.0718. The first-order chi connectivity index (χ1) is 8.15. The first-order valence-corrected chi connectivity index (χ1v) is 6.36. The summed E-state index contributed by atoms with van der Waals surface area (Å²) in [6, 6.07) is 0.0718. The Morgan fingerprint density at radius 3 is 3.06 bits per heavy atom. The van der Waals surface area contributed by atoms with Crippen LogP contribution in [0.2, 0.25) is 0 Å². The molecule has 1 fully saturated rings. The molecule has 0 aromatic carbocycles. The number of nitrogens with two attached hydrogens (primary N) is 1. The van der Waals surface area contributed by atoms with Crippen LogP contribution in [0.4, 0.5) is 0 Å². The van der Waals surface area contributed by atoms with Gasteiger partial charge in [-0.15, -0.1) is 0 Å². The van der Waals surface area contributed by atoms with Gasteiger partial charge in [0.05, 0.1) is 13.2 Å². The molecule has 5 heteroatoms. The van der Waals surface area contributed by atoms with Crippen molar-refractivity contribution in [1.29, 1.82) is 0 Å². The molecule has 1 rings (SSSR count). The Bertz CT molecular complexity index is 236. The molecule has 3 N–H and O–H groups in total. The molecule has 0 aliphatic carbocycles. The van der Waals surface area contributed by atoms with E-state index in [9.17, 15) is 4.79 Å². The van der Waals surface area contributed by atoms with E-state index in [2.05, 4.69) is 10.2 Å². The van der Waals surface area contributed by atoms with Gasteiger partial charge >= 0.3 is 0 Å². The van der Waals surface area contributed by atoms with Crippen molar-refractivity contribution in [2.45, 2.75) is 25.8 Å². The first-order valence-electron chi connectivity index (χ1n) is 6.36. The maximum Gasteiger partial charge on any atom is 0.234 e. The number of amides is 1. The number of methoxy groups -OCH3 is 1. The van der Waals surface area contributed by atoms with E-state index in [1.54, 1.807) is 7.11 Å². The molecular formula is C12H25N3O2. The van der Waals surface area contributed by atoms with E-state index in [0.29, 0.717) is 19.1 Å². The highest BCUT2D eigenvalue weighted by Gasteiger charge is 2.20. The van der Waals surface area contributed by atoms with Crippen LogP contribution in [0.25, 0.3) is 0 Å². The topological polar surface area (TPSA) is 67.6 Å². The number of carbonyl (C=O) groups excluding carboxylic acids is 1. The highest BCUT2D eigenvalue weighted by molar-refractivity contribution is 5.78. The molecule has 2 unspecified atom stereocenters. The highest BCUT2D eigenvalue weighted by Crippen LogP contribution is 2.14. The van der Waals surface area contributed by atoms with Crippen LogP contribution in [0.15, 0.2) is 0 Å². The number of likely N-dealkylation sites (tertiary alicyclic amines) is 1. The minimum Gasteiger partial charge on any atom is -0.383 e. The van der Waals surface area contributed by atoms with Crippen LogP contribution >= 0.6 is 0 Å². The lowest BCUT2D eigenvalue weighted by Crippen LogP contribution is -2.46. The molecule has 1 saturated heterocycles. The van der Waals surface area contributed by atoms with Crippen molar-refractivity contribution < 1.29 is 9.53 Å². The third kappa shape index (κ3) is 5.48. The minimum absolute atomic E-state index is 0.0718. The second-order valence-corrected chi connectivity index (χ2v) is 4.90. The monoisotopic (exact) mass is 243 g/mol. The highest BCUT2D eigenvalue weighted by atomic mass is 16.5. The van der Waals surface area contributed by atoms with Crippen LogP contribution in [0, 0.1) is 5.92 Å². The normalized spacial score (nSPS) is 23.4. The van der Waals surface area contributed by atoms with Gasteiger partial charge in [-0.3, -0.25) is 9.69 Å². The van der Waals surface area contributed by atoms with Crippen molar-refractivity contribution in [2.75, 3.05) is 39.9 Å². The summed E-state index contributed by atoms with van der Waals surface area (Å²) in [5.41, 5.74) is 5.67. The number of piperidine rings is 1. The summed E-state index contributed by atoms with van der Waals surface area (Å²) in [6.45, 7) is 5.64. The van der Waals surface area contributed by atoms with E-state index in [0.717, 1.165) is 26.1 Å². The third-order valence-corrected chi connectivity index (χ3v) is 3.13. The molecule has 0 aromatic rings. The van der Waals surface area contributed by atoms with Crippen molar-refractivity contribution in [3.63, 3.8) is 0 Å². The van der Waals surface area contributed by atoms with E-state index in [1.807, 2.05) is 6.92 Å². The smallest absolute Gasteiger partial charge is 0.234 e. The summed E-state index contributed by atoms with van der Waals surface area (Å²) in [5.74, 6) is 0.625. The average molecular weight is 243 g/mol. The molecule has 0 saturated carbocycles. The Morgan fingerprint density at radius 1 is 1.65 bits per heavy atom. The fraction of sp³-hybridized carbons (Fsp3) is 0.917. The lowest BCUT2D eigenvalue weighted by molar-refractivity contribution is -0.123. The fourth-order valence-electron chi connectivity index (χ4n) is 2.30. The fourth-order valence-corrected chi connectivity index (χ4v) is 2.30. The zero-order valence-corrected chi connectivity index (χ0v) is 10.9. The van der Waals surface area contributed by atoms with Crippen LogP contribution in [0.3, 0.4) is 0 Å². The molecule has 0 aromatic heterocycles. The van der Waals surface area contributed by atoms with Crippen molar-refractivity contribution in [1.82, 2.24) is 10.2 Å². The van der Waals surface area contributed by atoms with Crippen LogP contribution < -0.4 is 11.1 Å². The largest absolute Gasteiger partial charge is 0.383 e. The number of ether oxygens (including phenoxy) is 1. The van der Waals surface area contributed by atoms with Gasteiger partial charge < -0.3 is 15.8 Å². The summed E-state index contributed by atoms with van der Waals surface area (Å²) in [6.07, 6.45) is 2.33. The van der Waals surface area contributed by atoms with E-state index in [4.69, 9.17) is 10.5 Å². The van der Waals surface area contributed by atoms with E-state index >= 15 is 0 Å². The SMILES string of the molecule is COCC(C)NC(=O)CN1CCCC(CN)C1. The predicted molar refractivity (Wildman–Crippen MR) is 67.7 cm³/mol. The zero-order chi connectivity index (χ0) is 12.7. The Morgan fingerprint density at radius 2 is 2.41 bits per heavy atom. The molecular weight excluding hydrogens is 218 g/mol. The van der Waals surface area contributed by atoms with Crippen molar-refractivity contribution >= 4 is 5.91 Å². The van der Waals surface area contributed by atoms with Gasteiger partial charge in [-0.1, -0.05) is 0 Å². The average Bonchev–Trinajstić information content (AvgIpc) is 2.29. The lowest BCUT2D eigenvalue weighted by Gasteiger charge is -2.31. The van der Waals surface area contributed by atoms with Crippen LogP contribution in [0.5, 0.6) is 0 Å². The maximum atomic E-state index is 11.8. The molecule has 0 radical (unpaired) electrons. The van der Waals surface area contributed by atoms with Gasteiger partial charge in [-0.25, -0.2) is 0 Å². The standard InChI is InChI=1S/C12H25N3O2/c1-10(9-17-2)14-12(16)8-15-5-3-4-11(6-13)7-15/h10-11H,3-9,13H2,1-2H3,(H,14,16). The van der Waals surface area contributed by atoms with Crippen molar-refractivity contribution in [3.8, 4) is 0 Å². The van der Waals surface area contributed by atoms with Gasteiger partial charge in [0, 0.05) is 19.7 Å². The lowest BCUT2D eigenvalue weighted by atomic mass is 9.98. The molecule has 1 heterocycles. The number of hydrogen-bond acceptors (Lipinski definition) is 4. The van der Waals surface area contributed by atoms with Crippen LogP contribution in [0.1, 0.15) is 19.8 Å². The van der Waals surface area contributed by atoms with Gasteiger partial charge in [0.15, 0.2) is 0 Å². The molecule has 100 valence electrons. The quantitative estimate of drug-likeness (QED) is 0.678. The summed E-state index contributed by atoms with van der Waals surface area (Å²) in [5, 5.41) is 2.92. The molecule has 1 aliphatic rings. The molecule has 1 aliphatic heterocycles. The number of rotatable bonds is 6. The van der Waals surface area contributed by atoms with E-state index in [1.165, 1.54) is 6.42 Å².